The minimum Gasteiger partial charge on any atom is -0.490 e. The highest BCUT2D eigenvalue weighted by Gasteiger charge is 2.18. The third kappa shape index (κ3) is 5.71. The van der Waals surface area contributed by atoms with Gasteiger partial charge in [0.25, 0.3) is 11.5 Å². The zero-order valence-electron chi connectivity index (χ0n) is 21.1. The number of benzene rings is 3. The van der Waals surface area contributed by atoms with Crippen LogP contribution in [0.25, 0.3) is 17.3 Å². The van der Waals surface area contributed by atoms with E-state index in [1.165, 1.54) is 4.57 Å². The van der Waals surface area contributed by atoms with Crippen LogP contribution in [0.4, 0.5) is 5.69 Å². The van der Waals surface area contributed by atoms with Gasteiger partial charge in [-0.25, -0.2) is 0 Å². The molecule has 0 aliphatic heterocycles. The van der Waals surface area contributed by atoms with Gasteiger partial charge in [-0.05, 0) is 63.6 Å². The SMILES string of the molecule is Cc1ccc(NC(=O)C(C#N)=c2sc(=Cc3ccccc3OC(C)C)c(=O)n2-c2ccccc2C)cc1. The third-order valence-corrected chi connectivity index (χ3v) is 6.70. The van der Waals surface area contributed by atoms with E-state index >= 15 is 0 Å². The third-order valence-electron chi connectivity index (χ3n) is 5.61. The van der Waals surface area contributed by atoms with E-state index < -0.39 is 5.91 Å². The molecule has 0 bridgehead atoms. The molecule has 0 unspecified atom stereocenters. The second kappa shape index (κ2) is 11.1. The fourth-order valence-electron chi connectivity index (χ4n) is 3.81. The number of anilines is 1. The Hall–Kier alpha value is -4.41. The average molecular weight is 510 g/mol. The molecule has 1 aromatic heterocycles. The molecule has 7 heteroatoms. The van der Waals surface area contributed by atoms with Crippen LogP contribution >= 0.6 is 11.3 Å². The molecular weight excluding hydrogens is 482 g/mol. The van der Waals surface area contributed by atoms with Gasteiger partial charge in [0, 0.05) is 11.3 Å². The summed E-state index contributed by atoms with van der Waals surface area (Å²) in [5, 5.41) is 12.8. The number of nitrogens with zero attached hydrogens (tertiary/aromatic N) is 2. The minimum absolute atomic E-state index is 0.0407. The van der Waals surface area contributed by atoms with Crippen molar-refractivity contribution in [3.05, 3.63) is 109 Å². The highest BCUT2D eigenvalue weighted by molar-refractivity contribution is 7.07. The number of para-hydroxylation sites is 2. The topological polar surface area (TPSA) is 84.1 Å². The Labute approximate surface area is 219 Å². The number of nitriles is 1. The molecule has 6 nitrogen and oxygen atoms in total. The molecule has 1 amide bonds. The van der Waals surface area contributed by atoms with Gasteiger partial charge in [-0.15, -0.1) is 11.3 Å². The van der Waals surface area contributed by atoms with Crippen LogP contribution in [0.2, 0.25) is 0 Å². The van der Waals surface area contributed by atoms with Crippen molar-refractivity contribution in [1.82, 2.24) is 4.57 Å². The normalized spacial score (nSPS) is 12.3. The first-order valence-corrected chi connectivity index (χ1v) is 12.7. The molecule has 0 saturated carbocycles. The van der Waals surface area contributed by atoms with Gasteiger partial charge < -0.3 is 10.1 Å². The molecule has 0 aliphatic carbocycles. The summed E-state index contributed by atoms with van der Waals surface area (Å²) in [4.78, 5) is 27.0. The first kappa shape index (κ1) is 25.7. The number of nitrogens with one attached hydrogen (secondary N) is 1. The van der Waals surface area contributed by atoms with Crippen LogP contribution in [0, 0.1) is 25.2 Å². The number of aryl methyl sites for hydroxylation is 2. The van der Waals surface area contributed by atoms with E-state index in [-0.39, 0.29) is 21.9 Å². The first-order valence-electron chi connectivity index (χ1n) is 11.9. The molecule has 4 aromatic rings. The molecule has 0 saturated heterocycles. The van der Waals surface area contributed by atoms with Gasteiger partial charge >= 0.3 is 0 Å². The molecule has 4 rings (SSSR count). The summed E-state index contributed by atoms with van der Waals surface area (Å²) in [7, 11) is 0. The number of thiazole rings is 1. The lowest BCUT2D eigenvalue weighted by molar-refractivity contribution is -0.111. The number of rotatable bonds is 6. The largest absolute Gasteiger partial charge is 0.490 e. The van der Waals surface area contributed by atoms with Crippen LogP contribution in [0.5, 0.6) is 5.75 Å². The number of hydrogen-bond acceptors (Lipinski definition) is 5. The smallest absolute Gasteiger partial charge is 0.273 e. The summed E-state index contributed by atoms with van der Waals surface area (Å²) in [6, 6.07) is 24.2. The summed E-state index contributed by atoms with van der Waals surface area (Å²) in [5.74, 6) is 0.0703. The highest BCUT2D eigenvalue weighted by Crippen LogP contribution is 2.20. The van der Waals surface area contributed by atoms with E-state index in [2.05, 4.69) is 5.32 Å². The number of carbonyl (C=O) groups excluding carboxylic acids is 1. The lowest BCUT2D eigenvalue weighted by atomic mass is 10.2. The predicted octanol–water partition coefficient (Wildman–Crippen LogP) is 4.44. The number of hydrogen-bond donors (Lipinski definition) is 1. The lowest BCUT2D eigenvalue weighted by Gasteiger charge is -2.11. The molecule has 0 fully saturated rings. The predicted molar refractivity (Wildman–Crippen MR) is 149 cm³/mol. The molecular formula is C30H27N3O3S. The van der Waals surface area contributed by atoms with Crippen molar-refractivity contribution in [2.24, 2.45) is 0 Å². The summed E-state index contributed by atoms with van der Waals surface area (Å²) < 4.78 is 8.02. The molecule has 3 aromatic carbocycles. The molecule has 1 heterocycles. The fourth-order valence-corrected chi connectivity index (χ4v) is 4.90. The van der Waals surface area contributed by atoms with E-state index in [9.17, 15) is 14.9 Å². The molecule has 0 atom stereocenters. The van der Waals surface area contributed by atoms with Crippen molar-refractivity contribution in [3.63, 3.8) is 0 Å². The van der Waals surface area contributed by atoms with Crippen LogP contribution in [0.1, 0.15) is 30.5 Å². The van der Waals surface area contributed by atoms with Gasteiger partial charge in [-0.1, -0.05) is 54.1 Å². The number of aromatic nitrogens is 1. The zero-order valence-corrected chi connectivity index (χ0v) is 21.9. The Kier molecular flexibility index (Phi) is 7.71. The fraction of sp³-hybridized carbons (Fsp3) is 0.167. The summed E-state index contributed by atoms with van der Waals surface area (Å²) in [6.07, 6.45) is 1.71. The second-order valence-corrected chi connectivity index (χ2v) is 9.88. The maximum absolute atomic E-state index is 13.8. The highest BCUT2D eigenvalue weighted by atomic mass is 32.1. The summed E-state index contributed by atoms with van der Waals surface area (Å²) >= 11 is 1.11. The summed E-state index contributed by atoms with van der Waals surface area (Å²) in [6.45, 7) is 7.71. The van der Waals surface area contributed by atoms with Gasteiger partial charge in [0.1, 0.15) is 16.5 Å². The molecule has 0 aliphatic rings. The molecule has 1 N–H and O–H groups in total. The van der Waals surface area contributed by atoms with E-state index in [0.29, 0.717) is 21.7 Å². The Bertz CT molecular complexity index is 1670. The van der Waals surface area contributed by atoms with Gasteiger partial charge in [-0.2, -0.15) is 5.26 Å². The van der Waals surface area contributed by atoms with Crippen LogP contribution < -0.4 is 24.8 Å². The monoisotopic (exact) mass is 509 g/mol. The lowest BCUT2D eigenvalue weighted by Crippen LogP contribution is -2.32. The van der Waals surface area contributed by atoms with Crippen LogP contribution in [0.15, 0.2) is 77.6 Å². The Morgan fingerprint density at radius 3 is 2.38 bits per heavy atom. The van der Waals surface area contributed by atoms with E-state index in [0.717, 1.165) is 28.0 Å². The average Bonchev–Trinajstić information content (AvgIpc) is 3.17. The van der Waals surface area contributed by atoms with Gasteiger partial charge in [-0.3, -0.25) is 14.2 Å². The zero-order chi connectivity index (χ0) is 26.5. The van der Waals surface area contributed by atoms with Gasteiger partial charge in [0.15, 0.2) is 5.57 Å². The molecule has 0 spiro atoms. The molecule has 186 valence electrons. The molecule has 37 heavy (non-hydrogen) atoms. The minimum atomic E-state index is -0.579. The van der Waals surface area contributed by atoms with E-state index in [1.54, 1.807) is 24.3 Å². The Balaban J connectivity index is 1.97. The first-order chi connectivity index (χ1) is 17.8. The quantitative estimate of drug-likeness (QED) is 0.416. The maximum Gasteiger partial charge on any atom is 0.273 e. The van der Waals surface area contributed by atoms with Crippen molar-refractivity contribution in [2.75, 3.05) is 5.32 Å². The van der Waals surface area contributed by atoms with E-state index in [1.807, 2.05) is 88.4 Å². The molecule has 0 radical (unpaired) electrons. The second-order valence-electron chi connectivity index (χ2n) is 8.85. The summed E-state index contributed by atoms with van der Waals surface area (Å²) in [5.41, 5.74) is 3.35. The number of amides is 1. The van der Waals surface area contributed by atoms with Crippen LogP contribution in [0.3, 0.4) is 0 Å². The van der Waals surface area contributed by atoms with Crippen molar-refractivity contribution in [1.29, 1.82) is 5.26 Å². The van der Waals surface area contributed by atoms with Crippen molar-refractivity contribution < 1.29 is 9.53 Å². The van der Waals surface area contributed by atoms with Crippen LogP contribution in [-0.2, 0) is 4.79 Å². The van der Waals surface area contributed by atoms with Gasteiger partial charge in [0.2, 0.25) is 0 Å². The van der Waals surface area contributed by atoms with Gasteiger partial charge in [0.05, 0.1) is 16.3 Å². The Morgan fingerprint density at radius 2 is 1.70 bits per heavy atom. The maximum atomic E-state index is 13.8. The number of ether oxygens (including phenoxy) is 1. The van der Waals surface area contributed by atoms with Crippen molar-refractivity contribution in [2.45, 2.75) is 33.8 Å². The van der Waals surface area contributed by atoms with E-state index in [4.69, 9.17) is 4.74 Å². The standard InChI is InChI=1S/C30H27N3O3S/c1-19(2)36-26-12-8-6-10-22(26)17-27-29(35)33(25-11-7-5-9-21(25)4)30(37-27)24(18-31)28(34)32-23-15-13-20(3)14-16-23/h5-17,19H,1-4H3,(H,32,34). The van der Waals surface area contributed by atoms with Crippen molar-refractivity contribution in [3.8, 4) is 17.5 Å². The Morgan fingerprint density at radius 1 is 1.03 bits per heavy atom. The van der Waals surface area contributed by atoms with Crippen molar-refractivity contribution >= 4 is 34.6 Å². The number of carbonyl (C=O) groups is 1. The van der Waals surface area contributed by atoms with Crippen LogP contribution in [-0.4, -0.2) is 16.6 Å².